The third-order valence-electron chi connectivity index (χ3n) is 17.3. The lowest BCUT2D eigenvalue weighted by atomic mass is 9.97. The van der Waals surface area contributed by atoms with Crippen molar-refractivity contribution in [3.8, 4) is 17.2 Å². The van der Waals surface area contributed by atoms with Gasteiger partial charge in [0.05, 0.1) is 31.5 Å². The number of hydrogen-bond acceptors (Lipinski definition) is 25. The number of halogens is 3. The first-order chi connectivity index (χ1) is 49.4. The van der Waals surface area contributed by atoms with E-state index >= 15 is 0 Å². The number of fused-ring (bicyclic) bond motifs is 4. The number of ketones is 3. The van der Waals surface area contributed by atoms with E-state index in [0.717, 1.165) is 11.1 Å². The van der Waals surface area contributed by atoms with E-state index in [2.05, 4.69) is 9.47 Å². The van der Waals surface area contributed by atoms with Crippen LogP contribution in [0, 0.1) is 17.8 Å². The van der Waals surface area contributed by atoms with Crippen molar-refractivity contribution in [1.82, 2.24) is 0 Å². The van der Waals surface area contributed by atoms with Crippen LogP contribution in [0.2, 0.25) is 0 Å². The number of alkyl halides is 3. The number of hydrogen-bond donors (Lipinski definition) is 9. The van der Waals surface area contributed by atoms with E-state index in [9.17, 15) is 87.3 Å². The second-order valence-electron chi connectivity index (χ2n) is 26.4. The summed E-state index contributed by atoms with van der Waals surface area (Å²) >= 11 is 0. The van der Waals surface area contributed by atoms with Crippen molar-refractivity contribution in [2.75, 3.05) is 26.4 Å². The van der Waals surface area contributed by atoms with Crippen molar-refractivity contribution < 1.29 is 135 Å². The average Bonchev–Trinajstić information content (AvgIpc) is 1.70. The molecule has 0 aliphatic carbocycles. The van der Waals surface area contributed by atoms with Gasteiger partial charge in [-0.3, -0.25) is 19.2 Å². The number of phenols is 3. The van der Waals surface area contributed by atoms with E-state index in [4.69, 9.17) is 38.6 Å². The predicted molar refractivity (Wildman–Crippen MR) is 375 cm³/mol. The number of carbonyl (C=O) groups excluding carboxylic acids is 8. The van der Waals surface area contributed by atoms with Crippen LogP contribution in [0.4, 0.5) is 13.2 Å². The van der Waals surface area contributed by atoms with Crippen LogP contribution in [-0.2, 0) is 81.1 Å². The van der Waals surface area contributed by atoms with Gasteiger partial charge in [0.25, 0.3) is 0 Å². The SMILES string of the molecule is CC(=O)OCCCc1cc(O)c2c(c1)C=CC[C@H](O)[C@H](O)C(=O)/C=C\[C@@H](C)[C@H](C)OC2=O.C[C@@H]1/C=C\C(=O)[C@@H](O)[C@@H](O)C/C=C/c2cc(CCCO)cc(O)c2C(=O)O[C@H]1C.C[C@@H]1/C=C\C(=O)[C@H]2OC(C)(C)O[C@H]2C/C=C/c2cc(CCCO)cc(O)c2C(=O)O[C@H]1C.O=C(OC1CCCO1)C(F)(F)F. The number of esters is 5. The third kappa shape index (κ3) is 27.3. The molecule has 105 heavy (non-hydrogen) atoms. The van der Waals surface area contributed by atoms with Gasteiger partial charge in [0, 0.05) is 44.3 Å². The average molecular weight is 1480 g/mol. The molecule has 8 rings (SSSR count). The number of aliphatic hydroxyl groups is 6. The number of aryl methyl sites for hydroxylation is 3. The zero-order valence-corrected chi connectivity index (χ0v) is 60.2. The summed E-state index contributed by atoms with van der Waals surface area (Å²) in [5.41, 5.74) is 3.59. The summed E-state index contributed by atoms with van der Waals surface area (Å²) in [4.78, 5) is 96.4. The van der Waals surface area contributed by atoms with Crippen molar-refractivity contribution >= 4 is 65.4 Å². The summed E-state index contributed by atoms with van der Waals surface area (Å²) in [6.45, 7) is 15.9. The molecule has 0 amide bonds. The molecule has 9 N–H and O–H groups in total. The lowest BCUT2D eigenvalue weighted by molar-refractivity contribution is -0.220. The van der Waals surface area contributed by atoms with Crippen molar-refractivity contribution in [3.05, 3.63) is 141 Å². The molecular weight excluding hydrogens is 1380 g/mol. The Balaban J connectivity index is 0.000000262. The first-order valence-electron chi connectivity index (χ1n) is 34.6. The monoisotopic (exact) mass is 1480 g/mol. The summed E-state index contributed by atoms with van der Waals surface area (Å²) in [5, 5.41) is 90.1. The van der Waals surface area contributed by atoms with Gasteiger partial charge in [-0.1, -0.05) is 93.7 Å². The number of rotatable bonds is 11. The Hall–Kier alpha value is -8.71. The number of aromatic hydroxyl groups is 3. The number of cyclic esters (lactones) is 3. The predicted octanol–water partition coefficient (Wildman–Crippen LogP) is 8.89. The van der Waals surface area contributed by atoms with Crippen LogP contribution < -0.4 is 0 Å². The molecule has 25 nitrogen and oxygen atoms in total. The fraction of sp³-hybridized carbons (Fsp3) is 0.506. The molecule has 5 aliphatic heterocycles. The van der Waals surface area contributed by atoms with E-state index in [-0.39, 0.29) is 96.1 Å². The topological polar surface area (TPSA) is 392 Å². The fourth-order valence-electron chi connectivity index (χ4n) is 10.9. The second kappa shape index (κ2) is 41.3. The molecule has 28 heteroatoms. The first kappa shape index (κ1) is 86.9. The Morgan fingerprint density at radius 2 is 0.924 bits per heavy atom. The Labute approximate surface area is 607 Å². The highest BCUT2D eigenvalue weighted by molar-refractivity contribution is 5.99. The van der Waals surface area contributed by atoms with Crippen LogP contribution >= 0.6 is 0 Å². The van der Waals surface area contributed by atoms with Gasteiger partial charge >= 0.3 is 36.0 Å². The molecule has 0 saturated carbocycles. The molecule has 2 saturated heterocycles. The third-order valence-corrected chi connectivity index (χ3v) is 17.3. The number of phenolic OH excluding ortho intramolecular Hbond substituents is 3. The maximum absolute atomic E-state index is 12.9. The molecule has 0 bridgehead atoms. The van der Waals surface area contributed by atoms with Gasteiger partial charge in [0.2, 0.25) is 6.29 Å². The summed E-state index contributed by atoms with van der Waals surface area (Å²) < 4.78 is 76.7. The lowest BCUT2D eigenvalue weighted by Crippen LogP contribution is -2.32. The normalized spacial score (nSPS) is 27.4. The zero-order chi connectivity index (χ0) is 78.0. The molecule has 5 aliphatic rings. The van der Waals surface area contributed by atoms with E-state index in [1.165, 1.54) is 79.8 Å². The van der Waals surface area contributed by atoms with Crippen LogP contribution in [0.1, 0.15) is 178 Å². The summed E-state index contributed by atoms with van der Waals surface area (Å²) in [6.07, 6.45) is 7.91. The molecule has 3 aromatic carbocycles. The molecular formula is C77H97F3O25. The summed E-state index contributed by atoms with van der Waals surface area (Å²) in [7, 11) is 0. The van der Waals surface area contributed by atoms with Gasteiger partial charge in [0.1, 0.15) is 70.6 Å². The van der Waals surface area contributed by atoms with Gasteiger partial charge in [-0.05, 0) is 169 Å². The Morgan fingerprint density at radius 1 is 0.543 bits per heavy atom. The van der Waals surface area contributed by atoms with Crippen LogP contribution in [0.15, 0.2) is 91.1 Å². The lowest BCUT2D eigenvalue weighted by Gasteiger charge is -2.20. The Morgan fingerprint density at radius 3 is 1.29 bits per heavy atom. The van der Waals surface area contributed by atoms with Crippen LogP contribution in [0.25, 0.3) is 18.2 Å². The van der Waals surface area contributed by atoms with Crippen LogP contribution in [0.3, 0.4) is 0 Å². The van der Waals surface area contributed by atoms with Gasteiger partial charge in [-0.25, -0.2) is 19.2 Å². The molecule has 5 heterocycles. The minimum atomic E-state index is -4.92. The van der Waals surface area contributed by atoms with E-state index in [0.29, 0.717) is 86.6 Å². The first-order valence-corrected chi connectivity index (χ1v) is 34.6. The smallest absolute Gasteiger partial charge is 0.491 e. The van der Waals surface area contributed by atoms with Gasteiger partial charge < -0.3 is 83.9 Å². The second-order valence-corrected chi connectivity index (χ2v) is 26.4. The van der Waals surface area contributed by atoms with E-state index in [1.807, 2.05) is 6.92 Å². The highest BCUT2D eigenvalue weighted by Gasteiger charge is 2.45. The van der Waals surface area contributed by atoms with Gasteiger partial charge in [-0.2, -0.15) is 13.2 Å². The van der Waals surface area contributed by atoms with Crippen LogP contribution in [-0.4, -0.2) is 193 Å². The summed E-state index contributed by atoms with van der Waals surface area (Å²) in [5.74, 6) is -8.52. The maximum Gasteiger partial charge on any atom is 0.491 e. The van der Waals surface area contributed by atoms with Crippen molar-refractivity contribution in [2.24, 2.45) is 17.8 Å². The summed E-state index contributed by atoms with van der Waals surface area (Å²) in [6, 6.07) is 9.69. The Bertz CT molecular complexity index is 3670. The molecule has 0 radical (unpaired) electrons. The highest BCUT2D eigenvalue weighted by atomic mass is 19.4. The molecule has 0 spiro atoms. The van der Waals surface area contributed by atoms with Crippen molar-refractivity contribution in [3.63, 3.8) is 0 Å². The number of benzene rings is 3. The minimum absolute atomic E-state index is 0.000187. The van der Waals surface area contributed by atoms with E-state index < -0.39 is 109 Å². The molecule has 13 atom stereocenters. The Kier molecular flexibility index (Phi) is 34.2. The quantitative estimate of drug-likeness (QED) is 0.0491. The fourth-order valence-corrected chi connectivity index (χ4v) is 10.9. The number of aliphatic hydroxyl groups excluding tert-OH is 6. The minimum Gasteiger partial charge on any atom is -0.507 e. The van der Waals surface area contributed by atoms with Crippen molar-refractivity contribution in [1.29, 1.82) is 0 Å². The van der Waals surface area contributed by atoms with Crippen LogP contribution in [0.5, 0.6) is 17.2 Å². The van der Waals surface area contributed by atoms with Gasteiger partial charge in [0.15, 0.2) is 23.1 Å². The molecule has 2 fully saturated rings. The molecule has 1 unspecified atom stereocenters. The number of carbonyl (C=O) groups is 8. The standard InChI is InChI=1S/C25H32O7.C24H30O8.C22H28O7.C6H7F3O3/c1-15-10-11-19(27)23-21(31-25(3,4)32-23)9-5-8-18-13-17(7-6-12-26)14-20(28)22(18)24(29)30-16(15)2;1-14-9-10-20(27)23(29)19(26)8-4-7-18-12-17(6-5-11-31-16(3)25)13-21(28)22(18)24(30)32-15(14)2;1-13-8-9-18(25)21(27)17(24)7-3-6-16-11-15(5-4-10-23)12-19(26)20(16)22(28)29-14(13)2;7-6(8,9)5(10)12-4-2-1-3-11-4/h5,8,10-11,13-16,21,23,26,28H,6-7,9,12H2,1-4H3;4,7,9-10,12-15,19,23,26,28-29H,5-6,8,11H2,1-3H3;3,6,8-9,11-14,17,21,23-24,26-27H,4-5,7,10H2,1-2H3;4H,1-3H2/b8-5+,11-10-;7-4?,10-9-;6-3+,9-8-;/t15-,16+,21+,23-;14-,15+,19+,23+;13-,14+,17+,21+;/m111./s1. The van der Waals surface area contributed by atoms with E-state index in [1.54, 1.807) is 84.9 Å². The molecule has 576 valence electrons. The van der Waals surface area contributed by atoms with Crippen molar-refractivity contribution in [2.45, 2.75) is 206 Å². The highest BCUT2D eigenvalue weighted by Crippen LogP contribution is 2.35. The number of ether oxygens (including phenoxy) is 8. The maximum atomic E-state index is 12.9. The molecule has 0 aromatic heterocycles. The zero-order valence-electron chi connectivity index (χ0n) is 60.2. The molecule has 3 aromatic rings. The van der Waals surface area contributed by atoms with Gasteiger partial charge in [-0.15, -0.1) is 0 Å². The largest absolute Gasteiger partial charge is 0.507 e.